The van der Waals surface area contributed by atoms with Gasteiger partial charge < -0.3 is 14.4 Å². The molecule has 0 spiro atoms. The molecule has 152 valence electrons. The molecule has 1 heterocycles. The Bertz CT molecular complexity index is 1070. The first-order chi connectivity index (χ1) is 14.7. The molecule has 0 N–H and O–H groups in total. The highest BCUT2D eigenvalue weighted by Crippen LogP contribution is 2.29. The standard InChI is InChI=1S/C26H25NO3/c1-29-23-13-12-19-14-15-27(18-22(19)16-23)26(28)24(20-8-4-3-5-9-20)17-21-10-6-7-11-25(21)30-2/h3-13,16-17H,14-15,18H2,1-2H3/b24-17+. The zero-order valence-electron chi connectivity index (χ0n) is 17.3. The Kier molecular flexibility index (Phi) is 5.84. The maximum absolute atomic E-state index is 13.7. The van der Waals surface area contributed by atoms with Crippen molar-refractivity contribution in [3.05, 3.63) is 95.1 Å². The van der Waals surface area contributed by atoms with Crippen molar-refractivity contribution in [2.75, 3.05) is 20.8 Å². The predicted molar refractivity (Wildman–Crippen MR) is 119 cm³/mol. The van der Waals surface area contributed by atoms with Gasteiger partial charge in [-0.3, -0.25) is 4.79 Å². The quantitative estimate of drug-likeness (QED) is 0.456. The maximum atomic E-state index is 13.7. The fourth-order valence-corrected chi connectivity index (χ4v) is 3.83. The number of benzene rings is 3. The van der Waals surface area contributed by atoms with Crippen LogP contribution >= 0.6 is 0 Å². The van der Waals surface area contributed by atoms with Crippen LogP contribution in [0.3, 0.4) is 0 Å². The second kappa shape index (κ2) is 8.87. The second-order valence-electron chi connectivity index (χ2n) is 7.28. The van der Waals surface area contributed by atoms with Gasteiger partial charge >= 0.3 is 0 Å². The summed E-state index contributed by atoms with van der Waals surface area (Å²) in [5.41, 5.74) is 4.84. The molecular weight excluding hydrogens is 374 g/mol. The molecule has 4 nitrogen and oxygen atoms in total. The molecule has 0 saturated heterocycles. The first kappa shape index (κ1) is 19.8. The lowest BCUT2D eigenvalue weighted by atomic mass is 9.96. The Labute approximate surface area is 177 Å². The van der Waals surface area contributed by atoms with E-state index in [1.807, 2.05) is 77.7 Å². The highest BCUT2D eigenvalue weighted by atomic mass is 16.5. The average Bonchev–Trinajstić information content (AvgIpc) is 2.82. The van der Waals surface area contributed by atoms with Gasteiger partial charge in [0.05, 0.1) is 14.2 Å². The fraction of sp³-hybridized carbons (Fsp3) is 0.192. The number of carbonyl (C=O) groups is 1. The largest absolute Gasteiger partial charge is 0.497 e. The fourth-order valence-electron chi connectivity index (χ4n) is 3.83. The second-order valence-corrected chi connectivity index (χ2v) is 7.28. The summed E-state index contributed by atoms with van der Waals surface area (Å²) in [4.78, 5) is 15.6. The molecule has 3 aromatic carbocycles. The van der Waals surface area contributed by atoms with E-state index in [9.17, 15) is 4.79 Å². The summed E-state index contributed by atoms with van der Waals surface area (Å²) in [6.45, 7) is 1.26. The predicted octanol–water partition coefficient (Wildman–Crippen LogP) is 4.83. The van der Waals surface area contributed by atoms with Crippen LogP contribution in [0.1, 0.15) is 22.3 Å². The van der Waals surface area contributed by atoms with E-state index in [0.717, 1.165) is 34.6 Å². The van der Waals surface area contributed by atoms with Crippen LogP contribution in [-0.2, 0) is 17.8 Å². The summed E-state index contributed by atoms with van der Waals surface area (Å²) in [5, 5.41) is 0. The van der Waals surface area contributed by atoms with E-state index in [4.69, 9.17) is 9.47 Å². The van der Waals surface area contributed by atoms with Crippen LogP contribution in [0.15, 0.2) is 72.8 Å². The van der Waals surface area contributed by atoms with Gasteiger partial charge in [0.2, 0.25) is 0 Å². The van der Waals surface area contributed by atoms with Crippen molar-refractivity contribution in [3.63, 3.8) is 0 Å². The molecule has 0 radical (unpaired) electrons. The highest BCUT2D eigenvalue weighted by molar-refractivity contribution is 6.24. The Morgan fingerprint density at radius 3 is 2.43 bits per heavy atom. The Balaban J connectivity index is 1.71. The number of nitrogens with zero attached hydrogens (tertiary/aromatic N) is 1. The normalized spacial score (nSPS) is 13.5. The van der Waals surface area contributed by atoms with Gasteiger partial charge in [-0.2, -0.15) is 0 Å². The number of para-hydroxylation sites is 1. The molecule has 0 aliphatic carbocycles. The zero-order chi connectivity index (χ0) is 20.9. The highest BCUT2D eigenvalue weighted by Gasteiger charge is 2.24. The van der Waals surface area contributed by atoms with Crippen LogP contribution < -0.4 is 9.47 Å². The molecule has 0 bridgehead atoms. The first-order valence-electron chi connectivity index (χ1n) is 10.0. The topological polar surface area (TPSA) is 38.8 Å². The van der Waals surface area contributed by atoms with Crippen molar-refractivity contribution in [1.82, 2.24) is 4.90 Å². The summed E-state index contributed by atoms with van der Waals surface area (Å²) < 4.78 is 10.9. The minimum absolute atomic E-state index is 0.0144. The number of hydrogen-bond donors (Lipinski definition) is 0. The van der Waals surface area contributed by atoms with Crippen LogP contribution in [0.4, 0.5) is 0 Å². The van der Waals surface area contributed by atoms with Gasteiger partial charge in [-0.1, -0.05) is 54.6 Å². The number of amides is 1. The molecule has 0 fully saturated rings. The smallest absolute Gasteiger partial charge is 0.254 e. The molecule has 0 aromatic heterocycles. The van der Waals surface area contributed by atoms with E-state index in [0.29, 0.717) is 18.7 Å². The summed E-state index contributed by atoms with van der Waals surface area (Å²) in [7, 11) is 3.31. The van der Waals surface area contributed by atoms with Crippen LogP contribution in [0.2, 0.25) is 0 Å². The number of rotatable bonds is 5. The van der Waals surface area contributed by atoms with E-state index >= 15 is 0 Å². The van der Waals surface area contributed by atoms with Crippen LogP contribution in [-0.4, -0.2) is 31.6 Å². The monoisotopic (exact) mass is 399 g/mol. The third-order valence-electron chi connectivity index (χ3n) is 5.47. The van der Waals surface area contributed by atoms with E-state index in [1.165, 1.54) is 5.56 Å². The molecule has 1 amide bonds. The van der Waals surface area contributed by atoms with E-state index in [-0.39, 0.29) is 5.91 Å². The van der Waals surface area contributed by atoms with Gasteiger partial charge in [0, 0.05) is 24.2 Å². The summed E-state index contributed by atoms with van der Waals surface area (Å²) >= 11 is 0. The van der Waals surface area contributed by atoms with E-state index < -0.39 is 0 Å². The molecule has 1 aliphatic heterocycles. The SMILES string of the molecule is COc1ccc2c(c1)CN(C(=O)/C(=C/c1ccccc1OC)c1ccccc1)CC2. The summed E-state index contributed by atoms with van der Waals surface area (Å²) in [6.07, 6.45) is 2.76. The molecule has 3 aromatic rings. The summed E-state index contributed by atoms with van der Waals surface area (Å²) in [6, 6.07) is 23.7. The molecule has 0 saturated carbocycles. The van der Waals surface area contributed by atoms with Gasteiger partial charge in [-0.05, 0) is 47.4 Å². The van der Waals surface area contributed by atoms with Crippen molar-refractivity contribution in [2.24, 2.45) is 0 Å². The van der Waals surface area contributed by atoms with Crippen molar-refractivity contribution >= 4 is 17.6 Å². The number of ether oxygens (including phenoxy) is 2. The number of carbonyl (C=O) groups excluding carboxylic acids is 1. The number of hydrogen-bond acceptors (Lipinski definition) is 3. The molecule has 4 rings (SSSR count). The van der Waals surface area contributed by atoms with Crippen molar-refractivity contribution < 1.29 is 14.3 Å². The van der Waals surface area contributed by atoms with Gasteiger partial charge in [-0.25, -0.2) is 0 Å². The lowest BCUT2D eigenvalue weighted by molar-refractivity contribution is -0.125. The molecule has 0 atom stereocenters. The van der Waals surface area contributed by atoms with Crippen molar-refractivity contribution in [2.45, 2.75) is 13.0 Å². The van der Waals surface area contributed by atoms with Crippen LogP contribution in [0.5, 0.6) is 11.5 Å². The molecular formula is C26H25NO3. The summed E-state index contributed by atoms with van der Waals surface area (Å²) in [5.74, 6) is 1.57. The Morgan fingerprint density at radius 2 is 1.67 bits per heavy atom. The third-order valence-corrected chi connectivity index (χ3v) is 5.47. The maximum Gasteiger partial charge on any atom is 0.254 e. The average molecular weight is 399 g/mol. The van der Waals surface area contributed by atoms with Crippen LogP contribution in [0, 0.1) is 0 Å². The molecule has 0 unspecified atom stereocenters. The van der Waals surface area contributed by atoms with Crippen molar-refractivity contribution in [3.8, 4) is 11.5 Å². The lowest BCUT2D eigenvalue weighted by Crippen LogP contribution is -2.36. The number of fused-ring (bicyclic) bond motifs is 1. The van der Waals surface area contributed by atoms with E-state index in [2.05, 4.69) is 6.07 Å². The van der Waals surface area contributed by atoms with Crippen molar-refractivity contribution in [1.29, 1.82) is 0 Å². The molecule has 1 aliphatic rings. The first-order valence-corrected chi connectivity index (χ1v) is 10.0. The number of methoxy groups -OCH3 is 2. The Hall–Kier alpha value is -3.53. The zero-order valence-corrected chi connectivity index (χ0v) is 17.3. The lowest BCUT2D eigenvalue weighted by Gasteiger charge is -2.30. The van der Waals surface area contributed by atoms with Gasteiger partial charge in [0.25, 0.3) is 5.91 Å². The molecule has 4 heteroatoms. The third kappa shape index (κ3) is 4.08. The molecule has 30 heavy (non-hydrogen) atoms. The minimum Gasteiger partial charge on any atom is -0.497 e. The van der Waals surface area contributed by atoms with E-state index in [1.54, 1.807) is 14.2 Å². The van der Waals surface area contributed by atoms with Gasteiger partial charge in [0.15, 0.2) is 0 Å². The van der Waals surface area contributed by atoms with Gasteiger partial charge in [0.1, 0.15) is 11.5 Å². The Morgan fingerprint density at radius 1 is 0.900 bits per heavy atom. The van der Waals surface area contributed by atoms with Gasteiger partial charge in [-0.15, -0.1) is 0 Å². The minimum atomic E-state index is 0.0144. The van der Waals surface area contributed by atoms with Crippen LogP contribution in [0.25, 0.3) is 11.6 Å².